The SMILES string of the molecule is Cc1ncsc1-c1ccc([C@H](C)NC(=O)[C@@H]2C[C@@H](O)CN2C(=O)[C@@H](c2cc(OCCN3CC(c4c[nH]c5nnc(-c6ccccc6O)cc45)C3)no2)C(C)C)cc1. The monoisotopic (exact) mass is 790 g/mol. The lowest BCUT2D eigenvalue weighted by Gasteiger charge is -2.39. The molecule has 0 unspecified atom stereocenters. The number of hydrogen-bond acceptors (Lipinski definition) is 12. The zero-order valence-corrected chi connectivity index (χ0v) is 33.1. The van der Waals surface area contributed by atoms with Gasteiger partial charge < -0.3 is 34.7 Å². The molecule has 0 saturated carbocycles. The number of thiazole rings is 1. The van der Waals surface area contributed by atoms with Crippen LogP contribution in [0.15, 0.2) is 76.9 Å². The van der Waals surface area contributed by atoms with Crippen molar-refractivity contribution in [3.05, 3.63) is 95.0 Å². The summed E-state index contributed by atoms with van der Waals surface area (Å²) in [6, 6.07) is 17.6. The topological polar surface area (TPSA) is 183 Å². The molecule has 2 aromatic carbocycles. The second-order valence-corrected chi connectivity index (χ2v) is 16.2. The molecule has 8 rings (SSSR count). The number of H-pyrrole nitrogens is 1. The number of fused-ring (bicyclic) bond motifs is 1. The molecule has 2 fully saturated rings. The first kappa shape index (κ1) is 38.2. The number of rotatable bonds is 13. The molecule has 0 radical (unpaired) electrons. The number of para-hydroxylation sites is 1. The lowest BCUT2D eigenvalue weighted by molar-refractivity contribution is -0.141. The number of aromatic amines is 1. The number of amides is 2. The Labute approximate surface area is 333 Å². The molecule has 2 saturated heterocycles. The van der Waals surface area contributed by atoms with E-state index in [9.17, 15) is 19.8 Å². The molecule has 0 aliphatic carbocycles. The number of aromatic nitrogens is 5. The minimum atomic E-state index is -0.828. The molecule has 0 spiro atoms. The number of aliphatic hydroxyl groups excluding tert-OH is 1. The summed E-state index contributed by atoms with van der Waals surface area (Å²) in [4.78, 5) is 40.2. The quantitative estimate of drug-likeness (QED) is 0.111. The Morgan fingerprint density at radius 2 is 1.86 bits per heavy atom. The van der Waals surface area contributed by atoms with E-state index >= 15 is 0 Å². The number of phenolic OH excluding ortho intramolecular Hbond substituents is 1. The fraction of sp³-hybridized carbons (Fsp3) is 0.381. The third-order valence-electron chi connectivity index (χ3n) is 11.1. The van der Waals surface area contributed by atoms with Gasteiger partial charge in [0, 0.05) is 61.7 Å². The summed E-state index contributed by atoms with van der Waals surface area (Å²) in [6.07, 6.45) is 1.31. The van der Waals surface area contributed by atoms with E-state index in [-0.39, 0.29) is 48.4 Å². The van der Waals surface area contributed by atoms with Gasteiger partial charge in [-0.25, -0.2) is 4.98 Å². The Morgan fingerprint density at radius 3 is 2.60 bits per heavy atom. The first-order chi connectivity index (χ1) is 27.5. The van der Waals surface area contributed by atoms with Gasteiger partial charge in [-0.3, -0.25) is 14.5 Å². The summed E-state index contributed by atoms with van der Waals surface area (Å²) in [5.74, 6) is -0.415. The van der Waals surface area contributed by atoms with Crippen LogP contribution in [0.5, 0.6) is 11.6 Å². The van der Waals surface area contributed by atoms with Crippen molar-refractivity contribution in [1.82, 2.24) is 40.4 Å². The number of β-amino-alcohol motifs (C(OH)–C–C–N with tert-alkyl or cyclic N) is 1. The summed E-state index contributed by atoms with van der Waals surface area (Å²) < 4.78 is 11.6. The number of aryl methyl sites for hydroxylation is 1. The van der Waals surface area contributed by atoms with E-state index in [1.165, 1.54) is 4.90 Å². The fourth-order valence-corrected chi connectivity index (χ4v) is 8.74. The van der Waals surface area contributed by atoms with Crippen molar-refractivity contribution in [1.29, 1.82) is 0 Å². The lowest BCUT2D eigenvalue weighted by Crippen LogP contribution is -2.48. The molecule has 6 aromatic rings. The van der Waals surface area contributed by atoms with Crippen LogP contribution in [0, 0.1) is 12.8 Å². The van der Waals surface area contributed by atoms with Crippen molar-refractivity contribution in [3.8, 4) is 33.3 Å². The minimum Gasteiger partial charge on any atom is -0.507 e. The number of aromatic hydroxyl groups is 1. The molecular weight excluding hydrogens is 745 g/mol. The van der Waals surface area contributed by atoms with Crippen LogP contribution in [0.25, 0.3) is 32.7 Å². The standard InChI is InChI=1S/C42H46N8O6S/c1-23(2)38(42(54)50-21-29(51)15-34(50)41(53)45-24(3)26-9-11-27(12-10-26)39-25(4)44-22-57-39)36-17-37(48-56-36)55-14-13-49-19-28(20-49)32-18-43-40-31(32)16-33(46-47-40)30-7-5-6-8-35(30)52/h5-12,16-18,22-24,28-29,34,38,51-52H,13-15,19-21H2,1-4H3,(H,43,47)(H,45,53)/t24-,29+,34-,38+/m0/s1. The van der Waals surface area contributed by atoms with Crippen molar-refractivity contribution >= 4 is 34.2 Å². The van der Waals surface area contributed by atoms with Crippen molar-refractivity contribution < 1.29 is 29.1 Å². The molecular formula is C42H46N8O6S. The maximum atomic E-state index is 14.1. The van der Waals surface area contributed by atoms with Crippen LogP contribution in [0.1, 0.15) is 67.7 Å². The third-order valence-corrected chi connectivity index (χ3v) is 12.1. The Morgan fingerprint density at radius 1 is 1.07 bits per heavy atom. The number of likely N-dealkylation sites (tertiary alicyclic amines) is 2. The maximum Gasteiger partial charge on any atom is 0.254 e. The van der Waals surface area contributed by atoms with Gasteiger partial charge in [0.1, 0.15) is 24.3 Å². The normalized spacial score (nSPS) is 18.5. The van der Waals surface area contributed by atoms with Crippen LogP contribution >= 0.6 is 11.3 Å². The molecule has 15 heteroatoms. The number of benzene rings is 2. The number of nitrogens with one attached hydrogen (secondary N) is 2. The van der Waals surface area contributed by atoms with Crippen molar-refractivity contribution in [3.63, 3.8) is 0 Å². The van der Waals surface area contributed by atoms with Crippen molar-refractivity contribution in [2.24, 2.45) is 5.92 Å². The first-order valence-corrected chi connectivity index (χ1v) is 20.2. The average molecular weight is 791 g/mol. The maximum absolute atomic E-state index is 14.1. The lowest BCUT2D eigenvalue weighted by atomic mass is 9.91. The molecule has 2 aliphatic rings. The highest BCUT2D eigenvalue weighted by atomic mass is 32.1. The summed E-state index contributed by atoms with van der Waals surface area (Å²) >= 11 is 1.59. The number of aliphatic hydroxyl groups is 1. The van der Waals surface area contributed by atoms with E-state index < -0.39 is 18.1 Å². The minimum absolute atomic E-state index is 0.0511. The molecule has 2 aliphatic heterocycles. The van der Waals surface area contributed by atoms with E-state index in [1.807, 2.05) is 81.9 Å². The molecule has 4 aromatic heterocycles. The Kier molecular flexibility index (Phi) is 10.8. The smallest absolute Gasteiger partial charge is 0.254 e. The number of hydrogen-bond donors (Lipinski definition) is 4. The molecule has 4 N–H and O–H groups in total. The van der Waals surface area contributed by atoms with Gasteiger partial charge in [0.25, 0.3) is 5.88 Å². The molecule has 0 bridgehead atoms. The van der Waals surface area contributed by atoms with E-state index in [1.54, 1.807) is 29.5 Å². The third kappa shape index (κ3) is 7.87. The molecule has 14 nitrogen and oxygen atoms in total. The Hall–Kier alpha value is -5.64. The number of ether oxygens (including phenoxy) is 1. The Bertz CT molecular complexity index is 2370. The van der Waals surface area contributed by atoms with E-state index in [0.717, 1.165) is 45.7 Å². The fourth-order valence-electron chi connectivity index (χ4n) is 7.93. The largest absolute Gasteiger partial charge is 0.507 e. The van der Waals surface area contributed by atoms with Crippen molar-refractivity contribution in [2.45, 2.75) is 64.1 Å². The van der Waals surface area contributed by atoms with Gasteiger partial charge in [0.05, 0.1) is 33.9 Å². The van der Waals surface area contributed by atoms with Crippen LogP contribution in [0.2, 0.25) is 0 Å². The van der Waals surface area contributed by atoms with E-state index in [2.05, 4.69) is 35.5 Å². The van der Waals surface area contributed by atoms with Gasteiger partial charge in [-0.1, -0.05) is 50.2 Å². The molecule has 296 valence electrons. The van der Waals surface area contributed by atoms with Gasteiger partial charge >= 0.3 is 0 Å². The van der Waals surface area contributed by atoms with Crippen LogP contribution in [-0.4, -0.2) is 102 Å². The highest BCUT2D eigenvalue weighted by Gasteiger charge is 2.43. The van der Waals surface area contributed by atoms with Crippen LogP contribution < -0.4 is 10.1 Å². The van der Waals surface area contributed by atoms with Crippen molar-refractivity contribution in [2.75, 3.05) is 32.8 Å². The predicted octanol–water partition coefficient (Wildman–Crippen LogP) is 5.81. The second kappa shape index (κ2) is 16.1. The zero-order valence-electron chi connectivity index (χ0n) is 32.3. The molecule has 2 amide bonds. The van der Waals surface area contributed by atoms with Gasteiger partial charge in [0.15, 0.2) is 11.4 Å². The zero-order chi connectivity index (χ0) is 39.8. The number of nitrogens with zero attached hydrogens (tertiary/aromatic N) is 6. The van der Waals surface area contributed by atoms with Gasteiger partial charge in [-0.15, -0.1) is 21.5 Å². The Balaban J connectivity index is 0.851. The average Bonchev–Trinajstić information content (AvgIpc) is 4.00. The van der Waals surface area contributed by atoms with Crippen LogP contribution in [-0.2, 0) is 9.59 Å². The number of carbonyl (C=O) groups is 2. The molecule has 57 heavy (non-hydrogen) atoms. The first-order valence-electron chi connectivity index (χ1n) is 19.3. The molecule has 6 heterocycles. The van der Waals surface area contributed by atoms with Gasteiger partial charge in [-0.2, -0.15) is 0 Å². The summed E-state index contributed by atoms with van der Waals surface area (Å²) in [5, 5.41) is 37.8. The summed E-state index contributed by atoms with van der Waals surface area (Å²) in [7, 11) is 0. The summed E-state index contributed by atoms with van der Waals surface area (Å²) in [6.45, 7) is 10.5. The van der Waals surface area contributed by atoms with Gasteiger partial charge in [0.2, 0.25) is 11.8 Å². The number of phenols is 1. The van der Waals surface area contributed by atoms with Gasteiger partial charge in [-0.05, 0) is 59.8 Å². The molecule has 4 atom stereocenters. The van der Waals surface area contributed by atoms with E-state index in [0.29, 0.717) is 41.7 Å². The van der Waals surface area contributed by atoms with Crippen LogP contribution in [0.4, 0.5) is 0 Å². The second-order valence-electron chi connectivity index (χ2n) is 15.4. The number of carbonyl (C=O) groups excluding carboxylic acids is 2. The predicted molar refractivity (Wildman–Crippen MR) is 215 cm³/mol. The highest BCUT2D eigenvalue weighted by molar-refractivity contribution is 7.13. The highest BCUT2D eigenvalue weighted by Crippen LogP contribution is 2.36. The van der Waals surface area contributed by atoms with Crippen LogP contribution in [0.3, 0.4) is 0 Å². The van der Waals surface area contributed by atoms with E-state index in [4.69, 9.17) is 9.26 Å². The summed E-state index contributed by atoms with van der Waals surface area (Å²) in [5.41, 5.74) is 7.93.